The number of benzene rings is 1. The maximum atomic E-state index is 12.4. The fraction of sp³-hybridized carbons (Fsp3) is 0.500. The van der Waals surface area contributed by atoms with Crippen molar-refractivity contribution in [1.82, 2.24) is 4.90 Å². The van der Waals surface area contributed by atoms with E-state index in [-0.39, 0.29) is 42.5 Å². The van der Waals surface area contributed by atoms with Crippen molar-refractivity contribution in [2.45, 2.75) is 32.1 Å². The summed E-state index contributed by atoms with van der Waals surface area (Å²) in [6, 6.07) is 7.12. The number of fused-ring (bicyclic) bond motifs is 1. The summed E-state index contributed by atoms with van der Waals surface area (Å²) in [7, 11) is 1.54. The lowest BCUT2D eigenvalue weighted by Crippen LogP contribution is -2.34. The first-order chi connectivity index (χ1) is 11.6. The summed E-state index contributed by atoms with van der Waals surface area (Å²) >= 11 is 0. The number of likely N-dealkylation sites (tertiary alicyclic amines) is 1. The molecule has 0 radical (unpaired) electrons. The Morgan fingerprint density at radius 3 is 2.42 bits per heavy atom. The molecule has 0 aromatic heterocycles. The average Bonchev–Trinajstić information content (AvgIpc) is 2.85. The molecule has 1 aliphatic heterocycles. The van der Waals surface area contributed by atoms with E-state index in [1.807, 2.05) is 6.07 Å². The zero-order valence-electron chi connectivity index (χ0n) is 13.8. The third-order valence-electron chi connectivity index (χ3n) is 4.88. The molecule has 2 aliphatic rings. The van der Waals surface area contributed by atoms with Crippen LogP contribution in [0.25, 0.3) is 0 Å². The Morgan fingerprint density at radius 2 is 1.79 bits per heavy atom. The van der Waals surface area contributed by atoms with Crippen LogP contribution in [0.2, 0.25) is 0 Å². The van der Waals surface area contributed by atoms with Gasteiger partial charge in [0, 0.05) is 13.0 Å². The van der Waals surface area contributed by atoms with Gasteiger partial charge >= 0.3 is 0 Å². The SMILES string of the molecule is COc1ccccc1NC(=O)CCN1C(=O)[C@H]2CCCC[C@@H]2C1=O. The number of methoxy groups -OCH3 is 1. The number of nitrogens with zero attached hydrogens (tertiary/aromatic N) is 1. The monoisotopic (exact) mass is 330 g/mol. The van der Waals surface area contributed by atoms with E-state index in [9.17, 15) is 14.4 Å². The van der Waals surface area contributed by atoms with E-state index >= 15 is 0 Å². The van der Waals surface area contributed by atoms with Gasteiger partial charge in [0.2, 0.25) is 17.7 Å². The standard InChI is InChI=1S/C18H22N2O4/c1-24-15-9-5-4-8-14(15)19-16(21)10-11-20-17(22)12-6-2-3-7-13(12)18(20)23/h4-5,8-9,12-13H,2-3,6-7,10-11H2,1H3,(H,19,21)/t12-,13-/m0/s1. The molecule has 6 nitrogen and oxygen atoms in total. The molecule has 1 aromatic carbocycles. The number of anilines is 1. The van der Waals surface area contributed by atoms with Gasteiger partial charge in [0.25, 0.3) is 0 Å². The van der Waals surface area contributed by atoms with Crippen molar-refractivity contribution in [1.29, 1.82) is 0 Å². The molecule has 3 amide bonds. The van der Waals surface area contributed by atoms with Crippen LogP contribution >= 0.6 is 0 Å². The third kappa shape index (κ3) is 3.13. The normalized spacial score (nSPS) is 23.1. The highest BCUT2D eigenvalue weighted by Crippen LogP contribution is 2.38. The van der Waals surface area contributed by atoms with Crippen molar-refractivity contribution in [2.75, 3.05) is 19.0 Å². The molecule has 128 valence electrons. The highest BCUT2D eigenvalue weighted by molar-refractivity contribution is 6.05. The van der Waals surface area contributed by atoms with Crippen LogP contribution in [0.4, 0.5) is 5.69 Å². The molecular weight excluding hydrogens is 308 g/mol. The van der Waals surface area contributed by atoms with Crippen LogP contribution < -0.4 is 10.1 Å². The molecule has 1 saturated carbocycles. The maximum absolute atomic E-state index is 12.4. The molecule has 0 spiro atoms. The van der Waals surface area contributed by atoms with E-state index in [1.165, 1.54) is 12.0 Å². The highest BCUT2D eigenvalue weighted by atomic mass is 16.5. The van der Waals surface area contributed by atoms with Gasteiger partial charge in [0.1, 0.15) is 5.75 Å². The van der Waals surface area contributed by atoms with Crippen molar-refractivity contribution >= 4 is 23.4 Å². The van der Waals surface area contributed by atoms with E-state index in [4.69, 9.17) is 4.74 Å². The predicted molar refractivity (Wildman–Crippen MR) is 88.4 cm³/mol. The van der Waals surface area contributed by atoms with Crippen molar-refractivity contribution in [3.63, 3.8) is 0 Å². The van der Waals surface area contributed by atoms with Gasteiger partial charge in [-0.1, -0.05) is 25.0 Å². The van der Waals surface area contributed by atoms with Gasteiger partial charge in [-0.15, -0.1) is 0 Å². The van der Waals surface area contributed by atoms with Crippen LogP contribution in [0, 0.1) is 11.8 Å². The van der Waals surface area contributed by atoms with E-state index in [2.05, 4.69) is 5.32 Å². The smallest absolute Gasteiger partial charge is 0.233 e. The second kappa shape index (κ2) is 7.03. The molecule has 1 aromatic rings. The number of hydrogen-bond acceptors (Lipinski definition) is 4. The molecule has 1 N–H and O–H groups in total. The van der Waals surface area contributed by atoms with Gasteiger partial charge in [-0.25, -0.2) is 0 Å². The molecule has 24 heavy (non-hydrogen) atoms. The molecule has 2 fully saturated rings. The Hall–Kier alpha value is -2.37. The second-order valence-electron chi connectivity index (χ2n) is 6.32. The largest absolute Gasteiger partial charge is 0.495 e. The molecule has 1 aliphatic carbocycles. The van der Waals surface area contributed by atoms with Gasteiger partial charge in [0.15, 0.2) is 0 Å². The highest BCUT2D eigenvalue weighted by Gasteiger charge is 2.47. The number of para-hydroxylation sites is 2. The van der Waals surface area contributed by atoms with E-state index < -0.39 is 0 Å². The molecule has 2 atom stereocenters. The number of rotatable bonds is 5. The fourth-order valence-electron chi connectivity index (χ4n) is 3.63. The molecule has 1 heterocycles. The lowest BCUT2D eigenvalue weighted by Gasteiger charge is -2.19. The number of ether oxygens (including phenoxy) is 1. The molecule has 6 heteroatoms. The van der Waals surface area contributed by atoms with Crippen molar-refractivity contribution < 1.29 is 19.1 Å². The van der Waals surface area contributed by atoms with E-state index in [0.29, 0.717) is 11.4 Å². The Balaban J connectivity index is 1.58. The number of amides is 3. The summed E-state index contributed by atoms with van der Waals surface area (Å²) in [4.78, 5) is 38.2. The summed E-state index contributed by atoms with van der Waals surface area (Å²) in [6.45, 7) is 0.144. The summed E-state index contributed by atoms with van der Waals surface area (Å²) in [5.74, 6) is -0.197. The molecule has 3 rings (SSSR count). The van der Waals surface area contributed by atoms with Gasteiger partial charge in [-0.3, -0.25) is 19.3 Å². The zero-order chi connectivity index (χ0) is 17.1. The van der Waals surface area contributed by atoms with Gasteiger partial charge in [0.05, 0.1) is 24.6 Å². The Labute approximate surface area is 141 Å². The van der Waals surface area contributed by atoms with Gasteiger partial charge < -0.3 is 10.1 Å². The summed E-state index contributed by atoms with van der Waals surface area (Å²) in [5, 5.41) is 2.76. The molecule has 1 saturated heterocycles. The first-order valence-corrected chi connectivity index (χ1v) is 8.40. The third-order valence-corrected chi connectivity index (χ3v) is 4.88. The molecule has 0 bridgehead atoms. The van der Waals surface area contributed by atoms with Crippen molar-refractivity contribution in [3.05, 3.63) is 24.3 Å². The minimum absolute atomic E-state index is 0.0922. The summed E-state index contributed by atoms with van der Waals surface area (Å²) < 4.78 is 5.19. The first kappa shape index (κ1) is 16.5. The van der Waals surface area contributed by atoms with Crippen LogP contribution in [0.1, 0.15) is 32.1 Å². The topological polar surface area (TPSA) is 75.7 Å². The minimum atomic E-state index is -0.241. The average molecular weight is 330 g/mol. The number of imide groups is 1. The summed E-state index contributed by atoms with van der Waals surface area (Å²) in [5.41, 5.74) is 0.581. The number of carbonyl (C=O) groups excluding carboxylic acids is 3. The quantitative estimate of drug-likeness (QED) is 0.840. The van der Waals surface area contributed by atoms with Crippen LogP contribution in [-0.4, -0.2) is 36.3 Å². The Bertz CT molecular complexity index is 634. The minimum Gasteiger partial charge on any atom is -0.495 e. The van der Waals surface area contributed by atoms with Crippen molar-refractivity contribution in [3.8, 4) is 5.75 Å². The van der Waals surface area contributed by atoms with E-state index in [1.54, 1.807) is 18.2 Å². The molecule has 0 unspecified atom stereocenters. The Kier molecular flexibility index (Phi) is 4.83. The molecular formula is C18H22N2O4. The fourth-order valence-corrected chi connectivity index (χ4v) is 3.63. The lowest BCUT2D eigenvalue weighted by molar-refractivity contribution is -0.140. The zero-order valence-corrected chi connectivity index (χ0v) is 13.8. The lowest BCUT2D eigenvalue weighted by atomic mass is 9.81. The van der Waals surface area contributed by atoms with Crippen LogP contribution in [0.5, 0.6) is 5.75 Å². The Morgan fingerprint density at radius 1 is 1.17 bits per heavy atom. The van der Waals surface area contributed by atoms with Crippen LogP contribution in [-0.2, 0) is 14.4 Å². The predicted octanol–water partition coefficient (Wildman–Crippen LogP) is 2.20. The maximum Gasteiger partial charge on any atom is 0.233 e. The van der Waals surface area contributed by atoms with Crippen LogP contribution in [0.15, 0.2) is 24.3 Å². The second-order valence-corrected chi connectivity index (χ2v) is 6.32. The number of carbonyl (C=O) groups is 3. The summed E-state index contributed by atoms with van der Waals surface area (Å²) in [6.07, 6.45) is 3.68. The van der Waals surface area contributed by atoms with Crippen LogP contribution in [0.3, 0.4) is 0 Å². The number of hydrogen-bond donors (Lipinski definition) is 1. The van der Waals surface area contributed by atoms with Gasteiger partial charge in [-0.2, -0.15) is 0 Å². The van der Waals surface area contributed by atoms with Crippen molar-refractivity contribution in [2.24, 2.45) is 11.8 Å². The van der Waals surface area contributed by atoms with Gasteiger partial charge in [-0.05, 0) is 25.0 Å². The first-order valence-electron chi connectivity index (χ1n) is 8.40. The van der Waals surface area contributed by atoms with E-state index in [0.717, 1.165) is 25.7 Å². The number of nitrogens with one attached hydrogen (secondary N) is 1.